The van der Waals surface area contributed by atoms with Crippen LogP contribution in [-0.2, 0) is 11.2 Å². The van der Waals surface area contributed by atoms with Gasteiger partial charge in [-0.25, -0.2) is 4.90 Å². The maximum atomic E-state index is 12.9. The van der Waals surface area contributed by atoms with Crippen LogP contribution in [0.4, 0.5) is 10.5 Å². The Hall–Kier alpha value is -2.93. The van der Waals surface area contributed by atoms with Crippen molar-refractivity contribution >= 4 is 34.7 Å². The third-order valence-electron chi connectivity index (χ3n) is 4.42. The number of anilines is 1. The maximum Gasteiger partial charge on any atom is 0.298 e. The lowest BCUT2D eigenvalue weighted by atomic mass is 10.1. The van der Waals surface area contributed by atoms with Crippen molar-refractivity contribution in [2.75, 3.05) is 26.2 Å². The second kappa shape index (κ2) is 8.39. The van der Waals surface area contributed by atoms with Gasteiger partial charge in [-0.1, -0.05) is 19.1 Å². The highest BCUT2D eigenvalue weighted by Gasteiger charge is 2.36. The Balaban J connectivity index is 1.97. The van der Waals surface area contributed by atoms with Gasteiger partial charge in [0.25, 0.3) is 11.1 Å². The second-order valence-corrected chi connectivity index (χ2v) is 6.95. The molecule has 0 aliphatic carbocycles. The minimum absolute atomic E-state index is 0.315. The average Bonchev–Trinajstić information content (AvgIpc) is 3.00. The van der Waals surface area contributed by atoms with Crippen molar-refractivity contribution in [1.29, 1.82) is 0 Å². The van der Waals surface area contributed by atoms with Crippen molar-refractivity contribution in [2.24, 2.45) is 0 Å². The Morgan fingerprint density at radius 2 is 1.61 bits per heavy atom. The van der Waals surface area contributed by atoms with Gasteiger partial charge >= 0.3 is 0 Å². The SMILES string of the molecule is CCc1ccc(N2C(=O)S/C(=C\c3ccc(OC)c(OC)c3OC)C2=O)cc1. The molecule has 28 heavy (non-hydrogen) atoms. The number of rotatable bonds is 6. The van der Waals surface area contributed by atoms with Crippen LogP contribution in [0.25, 0.3) is 6.08 Å². The molecule has 0 aromatic heterocycles. The van der Waals surface area contributed by atoms with Gasteiger partial charge in [-0.15, -0.1) is 0 Å². The number of methoxy groups -OCH3 is 3. The molecule has 0 bridgehead atoms. The average molecular weight is 399 g/mol. The standard InChI is InChI=1S/C21H21NO5S/c1-5-13-6-9-15(10-7-13)22-20(23)17(28-21(22)24)12-14-8-11-16(25-2)19(27-4)18(14)26-3/h6-12H,5H2,1-4H3/b17-12-. The number of thioether (sulfide) groups is 1. The summed E-state index contributed by atoms with van der Waals surface area (Å²) in [6.07, 6.45) is 2.52. The fourth-order valence-electron chi connectivity index (χ4n) is 2.95. The zero-order valence-electron chi connectivity index (χ0n) is 16.1. The molecule has 0 saturated carbocycles. The Morgan fingerprint density at radius 3 is 2.18 bits per heavy atom. The summed E-state index contributed by atoms with van der Waals surface area (Å²) in [6.45, 7) is 2.05. The van der Waals surface area contributed by atoms with Gasteiger partial charge in [0.05, 0.1) is 31.9 Å². The van der Waals surface area contributed by atoms with E-state index < -0.39 is 0 Å². The number of ether oxygens (including phenoxy) is 3. The van der Waals surface area contributed by atoms with E-state index >= 15 is 0 Å². The molecule has 1 aliphatic rings. The molecule has 2 aromatic rings. The summed E-state index contributed by atoms with van der Waals surface area (Å²) in [5, 5.41) is -0.333. The lowest BCUT2D eigenvalue weighted by molar-refractivity contribution is -0.113. The molecule has 146 valence electrons. The third-order valence-corrected chi connectivity index (χ3v) is 5.29. The van der Waals surface area contributed by atoms with E-state index in [-0.39, 0.29) is 11.1 Å². The number of hydrogen-bond acceptors (Lipinski definition) is 6. The number of amides is 2. The summed E-state index contributed by atoms with van der Waals surface area (Å²) in [6, 6.07) is 10.9. The minimum Gasteiger partial charge on any atom is -0.493 e. The first-order chi connectivity index (χ1) is 13.5. The van der Waals surface area contributed by atoms with Crippen molar-refractivity contribution in [2.45, 2.75) is 13.3 Å². The van der Waals surface area contributed by atoms with Crippen LogP contribution in [0.15, 0.2) is 41.3 Å². The van der Waals surface area contributed by atoms with Crippen molar-refractivity contribution < 1.29 is 23.8 Å². The first kappa shape index (κ1) is 19.8. The van der Waals surface area contributed by atoms with Crippen molar-refractivity contribution in [1.82, 2.24) is 0 Å². The summed E-state index contributed by atoms with van der Waals surface area (Å²) in [5.74, 6) is 1.01. The number of nitrogens with zero attached hydrogens (tertiary/aromatic N) is 1. The predicted octanol–water partition coefficient (Wildman–Crippen LogP) is 4.52. The molecular weight excluding hydrogens is 378 g/mol. The number of imide groups is 1. The van der Waals surface area contributed by atoms with Crippen molar-refractivity contribution in [3.63, 3.8) is 0 Å². The van der Waals surface area contributed by atoms with Gasteiger partial charge in [-0.2, -0.15) is 0 Å². The zero-order valence-corrected chi connectivity index (χ0v) is 17.0. The predicted molar refractivity (Wildman–Crippen MR) is 110 cm³/mol. The molecule has 0 spiro atoms. The topological polar surface area (TPSA) is 65.1 Å². The van der Waals surface area contributed by atoms with Gasteiger partial charge in [-0.05, 0) is 54.1 Å². The lowest BCUT2D eigenvalue weighted by Crippen LogP contribution is -2.27. The van der Waals surface area contributed by atoms with E-state index in [1.165, 1.54) is 26.2 Å². The van der Waals surface area contributed by atoms with Crippen LogP contribution in [0, 0.1) is 0 Å². The maximum absolute atomic E-state index is 12.9. The van der Waals surface area contributed by atoms with Gasteiger partial charge in [0.15, 0.2) is 11.5 Å². The van der Waals surface area contributed by atoms with Crippen molar-refractivity contribution in [3.8, 4) is 17.2 Å². The van der Waals surface area contributed by atoms with Gasteiger partial charge in [0, 0.05) is 5.56 Å². The molecule has 3 rings (SSSR count). The van der Waals surface area contributed by atoms with Crippen molar-refractivity contribution in [3.05, 3.63) is 52.4 Å². The molecule has 0 atom stereocenters. The highest BCUT2D eigenvalue weighted by molar-refractivity contribution is 8.19. The summed E-state index contributed by atoms with van der Waals surface area (Å²) < 4.78 is 16.1. The summed E-state index contributed by atoms with van der Waals surface area (Å²) >= 11 is 0.895. The van der Waals surface area contributed by atoms with Crippen LogP contribution >= 0.6 is 11.8 Å². The fraction of sp³-hybridized carbons (Fsp3) is 0.238. The first-order valence-corrected chi connectivity index (χ1v) is 9.51. The Kier molecular flexibility index (Phi) is 5.94. The van der Waals surface area contributed by atoms with E-state index in [1.54, 1.807) is 30.3 Å². The van der Waals surface area contributed by atoms with E-state index in [1.807, 2.05) is 19.1 Å². The Morgan fingerprint density at radius 1 is 0.929 bits per heavy atom. The molecule has 6 nitrogen and oxygen atoms in total. The largest absolute Gasteiger partial charge is 0.493 e. The molecule has 1 aliphatic heterocycles. The highest BCUT2D eigenvalue weighted by Crippen LogP contribution is 2.42. The van der Waals surface area contributed by atoms with Crippen LogP contribution in [0.3, 0.4) is 0 Å². The molecule has 7 heteroatoms. The monoisotopic (exact) mass is 399 g/mol. The van der Waals surface area contributed by atoms with Crippen LogP contribution < -0.4 is 19.1 Å². The number of aryl methyl sites for hydroxylation is 1. The molecule has 1 saturated heterocycles. The van der Waals surface area contributed by atoms with E-state index in [2.05, 4.69) is 0 Å². The summed E-state index contributed by atoms with van der Waals surface area (Å²) in [5.41, 5.74) is 2.32. The second-order valence-electron chi connectivity index (χ2n) is 5.96. The fourth-order valence-corrected chi connectivity index (χ4v) is 3.78. The van der Waals surface area contributed by atoms with Gasteiger partial charge < -0.3 is 14.2 Å². The van der Waals surface area contributed by atoms with Gasteiger partial charge in [-0.3, -0.25) is 9.59 Å². The van der Waals surface area contributed by atoms with E-state index in [9.17, 15) is 9.59 Å². The smallest absolute Gasteiger partial charge is 0.298 e. The summed E-state index contributed by atoms with van der Waals surface area (Å²) in [7, 11) is 4.56. The van der Waals surface area contributed by atoms with E-state index in [4.69, 9.17) is 14.2 Å². The van der Waals surface area contributed by atoms with Crippen LogP contribution in [-0.4, -0.2) is 32.5 Å². The molecule has 0 unspecified atom stereocenters. The van der Waals surface area contributed by atoms with Crippen LogP contribution in [0.1, 0.15) is 18.1 Å². The minimum atomic E-state index is -0.365. The lowest BCUT2D eigenvalue weighted by Gasteiger charge is -2.14. The number of carbonyl (C=O) groups excluding carboxylic acids is 2. The van der Waals surface area contributed by atoms with Gasteiger partial charge in [0.1, 0.15) is 0 Å². The number of carbonyl (C=O) groups is 2. The van der Waals surface area contributed by atoms with Crippen LogP contribution in [0.2, 0.25) is 0 Å². The molecule has 0 radical (unpaired) electrons. The third kappa shape index (κ3) is 3.57. The molecular formula is C21H21NO5S. The molecule has 1 fully saturated rings. The quantitative estimate of drug-likeness (QED) is 0.666. The number of hydrogen-bond donors (Lipinski definition) is 0. The van der Waals surface area contributed by atoms with Crippen LogP contribution in [0.5, 0.6) is 17.2 Å². The van der Waals surface area contributed by atoms with Gasteiger partial charge in [0.2, 0.25) is 5.75 Å². The summed E-state index contributed by atoms with van der Waals surface area (Å²) in [4.78, 5) is 26.8. The normalized spacial score (nSPS) is 15.3. The molecule has 2 amide bonds. The molecule has 2 aromatic carbocycles. The number of benzene rings is 2. The van der Waals surface area contributed by atoms with E-state index in [0.717, 1.165) is 23.7 Å². The first-order valence-electron chi connectivity index (χ1n) is 8.69. The molecule has 0 N–H and O–H groups in total. The Bertz CT molecular complexity index is 937. The van der Waals surface area contributed by atoms with E-state index in [0.29, 0.717) is 33.4 Å². The molecule has 1 heterocycles. The highest BCUT2D eigenvalue weighted by atomic mass is 32.2. The Labute approximate surface area is 168 Å². The zero-order chi connectivity index (χ0) is 20.3.